The van der Waals surface area contributed by atoms with Gasteiger partial charge in [-0.1, -0.05) is 12.1 Å². The van der Waals surface area contributed by atoms with E-state index in [1.165, 1.54) is 25.0 Å². The highest BCUT2D eigenvalue weighted by Crippen LogP contribution is 2.26. The first kappa shape index (κ1) is 19.2. The monoisotopic (exact) mass is 406 g/mol. The van der Waals surface area contributed by atoms with Crippen molar-refractivity contribution >= 4 is 16.9 Å². The van der Waals surface area contributed by atoms with Gasteiger partial charge in [0.25, 0.3) is 5.91 Å². The highest BCUT2D eigenvalue weighted by molar-refractivity contribution is 5.94. The van der Waals surface area contributed by atoms with E-state index in [0.717, 1.165) is 42.7 Å². The normalized spacial score (nSPS) is 22.3. The van der Waals surface area contributed by atoms with Crippen LogP contribution in [0.4, 0.5) is 4.39 Å². The van der Waals surface area contributed by atoms with E-state index in [1.807, 2.05) is 33.7 Å². The Morgan fingerprint density at radius 1 is 1.13 bits per heavy atom. The molecule has 0 bridgehead atoms. The molecule has 2 fully saturated rings. The molecule has 1 amide bonds. The Hall–Kier alpha value is -2.73. The van der Waals surface area contributed by atoms with E-state index in [-0.39, 0.29) is 11.7 Å². The summed E-state index contributed by atoms with van der Waals surface area (Å²) in [7, 11) is 0. The highest BCUT2D eigenvalue weighted by atomic mass is 19.1. The van der Waals surface area contributed by atoms with Crippen LogP contribution < -0.4 is 0 Å². The number of aromatic nitrogens is 2. The molecule has 0 saturated carbocycles. The zero-order valence-electron chi connectivity index (χ0n) is 17.3. The largest absolute Gasteiger partial charge is 0.337 e. The minimum absolute atomic E-state index is 0.124. The molecule has 2 aliphatic heterocycles. The van der Waals surface area contributed by atoms with Crippen LogP contribution >= 0.6 is 0 Å². The Labute approximate surface area is 176 Å². The molecule has 3 aromatic rings. The number of imidazole rings is 1. The van der Waals surface area contributed by atoms with Crippen molar-refractivity contribution in [2.24, 2.45) is 0 Å². The van der Waals surface area contributed by atoms with Crippen LogP contribution in [0.5, 0.6) is 0 Å². The van der Waals surface area contributed by atoms with E-state index in [2.05, 4.69) is 16.8 Å². The maximum atomic E-state index is 13.4. The van der Waals surface area contributed by atoms with Crippen molar-refractivity contribution in [3.05, 3.63) is 65.7 Å². The molecule has 6 heteroatoms. The molecule has 5 nitrogen and oxygen atoms in total. The van der Waals surface area contributed by atoms with Crippen molar-refractivity contribution in [1.82, 2.24) is 19.4 Å². The molecule has 1 aromatic heterocycles. The van der Waals surface area contributed by atoms with Crippen LogP contribution in [0.3, 0.4) is 0 Å². The van der Waals surface area contributed by atoms with E-state index >= 15 is 0 Å². The van der Waals surface area contributed by atoms with Crippen molar-refractivity contribution in [2.75, 3.05) is 19.6 Å². The molecule has 0 radical (unpaired) electrons. The third-order valence-corrected chi connectivity index (χ3v) is 6.66. The summed E-state index contributed by atoms with van der Waals surface area (Å²) < 4.78 is 15.4. The first-order chi connectivity index (χ1) is 14.6. The van der Waals surface area contributed by atoms with Crippen molar-refractivity contribution in [1.29, 1.82) is 0 Å². The second-order valence-electron chi connectivity index (χ2n) is 8.63. The third kappa shape index (κ3) is 3.60. The maximum Gasteiger partial charge on any atom is 0.253 e. The van der Waals surface area contributed by atoms with Gasteiger partial charge in [0.05, 0.1) is 17.4 Å². The Kier molecular flexibility index (Phi) is 5.03. The molecule has 30 heavy (non-hydrogen) atoms. The third-order valence-electron chi connectivity index (χ3n) is 6.66. The molecule has 3 heterocycles. The minimum atomic E-state index is -0.279. The van der Waals surface area contributed by atoms with E-state index in [4.69, 9.17) is 0 Å². The zero-order valence-corrected chi connectivity index (χ0v) is 17.3. The molecule has 2 aromatic carbocycles. The topological polar surface area (TPSA) is 41.4 Å². The average Bonchev–Trinajstić information content (AvgIpc) is 3.48. The van der Waals surface area contributed by atoms with Gasteiger partial charge in [0.2, 0.25) is 0 Å². The number of carbonyl (C=O) groups excluding carboxylic acids is 1. The molecule has 1 unspecified atom stereocenters. The van der Waals surface area contributed by atoms with Crippen molar-refractivity contribution < 1.29 is 9.18 Å². The smallest absolute Gasteiger partial charge is 0.253 e. The van der Waals surface area contributed by atoms with Gasteiger partial charge in [-0.25, -0.2) is 9.37 Å². The van der Waals surface area contributed by atoms with Gasteiger partial charge in [-0.05, 0) is 62.6 Å². The Bertz CT molecular complexity index is 1060. The van der Waals surface area contributed by atoms with Gasteiger partial charge in [0.15, 0.2) is 0 Å². The van der Waals surface area contributed by atoms with Crippen LogP contribution in [0.15, 0.2) is 48.8 Å². The van der Waals surface area contributed by atoms with E-state index in [9.17, 15) is 9.18 Å². The second-order valence-corrected chi connectivity index (χ2v) is 8.63. The molecule has 156 valence electrons. The quantitative estimate of drug-likeness (QED) is 0.659. The molecular weight excluding hydrogens is 379 g/mol. The van der Waals surface area contributed by atoms with E-state index in [0.29, 0.717) is 24.1 Å². The fourth-order valence-corrected chi connectivity index (χ4v) is 4.99. The highest BCUT2D eigenvalue weighted by Gasteiger charge is 2.34. The number of hydrogen-bond acceptors (Lipinski definition) is 3. The number of rotatable bonds is 4. The van der Waals surface area contributed by atoms with Gasteiger partial charge >= 0.3 is 0 Å². The number of amides is 1. The zero-order chi connectivity index (χ0) is 20.7. The lowest BCUT2D eigenvalue weighted by Crippen LogP contribution is -2.40. The molecule has 5 rings (SSSR count). The van der Waals surface area contributed by atoms with Gasteiger partial charge in [0.1, 0.15) is 5.82 Å². The molecule has 2 saturated heterocycles. The SMILES string of the molecule is C[C@H]1CCCN1C1CCN(C(=O)c2ccc(Cn3cnc4cc(F)ccc43)cc2)C1. The lowest BCUT2D eigenvalue weighted by atomic mass is 10.1. The van der Waals surface area contributed by atoms with Crippen LogP contribution in [-0.2, 0) is 6.54 Å². The summed E-state index contributed by atoms with van der Waals surface area (Å²) in [5.74, 6) is -0.154. The van der Waals surface area contributed by atoms with Crippen molar-refractivity contribution in [3.63, 3.8) is 0 Å². The Balaban J connectivity index is 1.25. The van der Waals surface area contributed by atoms with Crippen LogP contribution in [0.2, 0.25) is 0 Å². The van der Waals surface area contributed by atoms with Crippen molar-refractivity contribution in [3.8, 4) is 0 Å². The summed E-state index contributed by atoms with van der Waals surface area (Å²) >= 11 is 0. The minimum Gasteiger partial charge on any atom is -0.337 e. The van der Waals surface area contributed by atoms with Crippen LogP contribution in [-0.4, -0.2) is 57.0 Å². The molecule has 2 atom stereocenters. The summed E-state index contributed by atoms with van der Waals surface area (Å²) in [6, 6.07) is 13.6. The average molecular weight is 407 g/mol. The number of hydrogen-bond donors (Lipinski definition) is 0. The maximum absolute atomic E-state index is 13.4. The molecule has 0 spiro atoms. The summed E-state index contributed by atoms with van der Waals surface area (Å²) in [6.07, 6.45) is 5.34. The van der Waals surface area contributed by atoms with Crippen LogP contribution in [0, 0.1) is 5.82 Å². The number of fused-ring (bicyclic) bond motifs is 1. The summed E-state index contributed by atoms with van der Waals surface area (Å²) in [5.41, 5.74) is 3.38. The summed E-state index contributed by atoms with van der Waals surface area (Å²) in [5, 5.41) is 0. The summed E-state index contributed by atoms with van der Waals surface area (Å²) in [6.45, 7) is 5.78. The van der Waals surface area contributed by atoms with Crippen LogP contribution in [0.1, 0.15) is 42.1 Å². The standard InChI is InChI=1S/C24H27FN4O/c1-17-3-2-11-29(17)21-10-12-27(15-21)24(30)19-6-4-18(5-7-19)14-28-16-26-22-13-20(25)8-9-23(22)28/h4-9,13,16-17,21H,2-3,10-12,14-15H2,1H3/t17-,21?/m0/s1. The van der Waals surface area contributed by atoms with E-state index < -0.39 is 0 Å². The van der Waals surface area contributed by atoms with Gasteiger partial charge in [-0.2, -0.15) is 0 Å². The van der Waals surface area contributed by atoms with Gasteiger partial charge in [-0.3, -0.25) is 9.69 Å². The predicted molar refractivity (Wildman–Crippen MR) is 115 cm³/mol. The predicted octanol–water partition coefficient (Wildman–Crippen LogP) is 3.92. The number of carbonyl (C=O) groups is 1. The number of likely N-dealkylation sites (tertiary alicyclic amines) is 2. The molecular formula is C24H27FN4O. The first-order valence-corrected chi connectivity index (χ1v) is 10.8. The number of halogens is 1. The Morgan fingerprint density at radius 3 is 2.73 bits per heavy atom. The number of benzene rings is 2. The molecule has 0 aliphatic carbocycles. The Morgan fingerprint density at radius 2 is 1.97 bits per heavy atom. The summed E-state index contributed by atoms with van der Waals surface area (Å²) in [4.78, 5) is 21.8. The molecule has 0 N–H and O–H groups in total. The fraction of sp³-hybridized carbons (Fsp3) is 0.417. The molecule has 2 aliphatic rings. The van der Waals surface area contributed by atoms with E-state index in [1.54, 1.807) is 12.4 Å². The van der Waals surface area contributed by atoms with Crippen LogP contribution in [0.25, 0.3) is 11.0 Å². The second kappa shape index (κ2) is 7.84. The number of nitrogens with zero attached hydrogens (tertiary/aromatic N) is 4. The van der Waals surface area contributed by atoms with Crippen molar-refractivity contribution in [2.45, 2.75) is 44.8 Å². The van der Waals surface area contributed by atoms with Gasteiger partial charge < -0.3 is 9.47 Å². The first-order valence-electron chi connectivity index (χ1n) is 10.8. The lowest BCUT2D eigenvalue weighted by Gasteiger charge is -2.28. The van der Waals surface area contributed by atoms with Gasteiger partial charge in [-0.15, -0.1) is 0 Å². The lowest BCUT2D eigenvalue weighted by molar-refractivity contribution is 0.0774. The fourth-order valence-electron chi connectivity index (χ4n) is 4.99. The van der Waals surface area contributed by atoms with Gasteiger partial charge in [0, 0.05) is 43.3 Å².